The SMILES string of the molecule is CC(=O)NCC(=O)NCC(=O)NCCNC(=O)CNC(=O)[C@@H]1CCCN1C(=O)[C@H](Cc1ccccc1)NC(=O)[C@@H]1CCCN1C(=O)[C@@H](N)Cc1ccc(O)cc1. The van der Waals surface area contributed by atoms with E-state index in [4.69, 9.17) is 5.73 Å². The van der Waals surface area contributed by atoms with Gasteiger partial charge in [0.15, 0.2) is 0 Å². The number of amides is 8. The summed E-state index contributed by atoms with van der Waals surface area (Å²) in [4.78, 5) is 104. The second-order valence-corrected chi connectivity index (χ2v) is 13.7. The topological polar surface area (TPSA) is 261 Å². The Morgan fingerprint density at radius 3 is 1.79 bits per heavy atom. The summed E-state index contributed by atoms with van der Waals surface area (Å²) >= 11 is 0. The summed E-state index contributed by atoms with van der Waals surface area (Å²) < 4.78 is 0. The minimum absolute atomic E-state index is 0.0452. The molecular weight excluding hydrogens is 726 g/mol. The van der Waals surface area contributed by atoms with E-state index in [0.29, 0.717) is 32.2 Å². The van der Waals surface area contributed by atoms with E-state index in [0.717, 1.165) is 11.1 Å². The van der Waals surface area contributed by atoms with Gasteiger partial charge in [0.05, 0.1) is 25.7 Å². The summed E-state index contributed by atoms with van der Waals surface area (Å²) in [5.41, 5.74) is 7.81. The van der Waals surface area contributed by atoms with Gasteiger partial charge in [-0.2, -0.15) is 0 Å². The molecule has 0 aromatic heterocycles. The standard InChI is InChI=1S/C38H51N9O9/c1-24(48)42-21-34(52)43-22-32(50)40-15-16-41-33(51)23-44-35(53)30-9-5-18-47(30)38(56)29(20-25-7-3-2-4-8-25)45-36(54)31-10-6-17-46(31)37(55)28(39)19-26-11-13-27(49)14-12-26/h2-4,7-8,11-14,28-31,49H,5-6,9-10,15-23,39H2,1H3,(H,40,50)(H,41,51)(H,42,48)(H,43,52)(H,44,53)(H,45,54)/t28-,29-,30-,31-/m0/s1. The van der Waals surface area contributed by atoms with Crippen molar-refractivity contribution in [2.75, 3.05) is 45.8 Å². The molecule has 2 aromatic carbocycles. The van der Waals surface area contributed by atoms with Gasteiger partial charge in [-0.3, -0.25) is 38.4 Å². The van der Waals surface area contributed by atoms with E-state index >= 15 is 0 Å². The van der Waals surface area contributed by atoms with Crippen molar-refractivity contribution >= 4 is 47.3 Å². The highest BCUT2D eigenvalue weighted by atomic mass is 16.3. The van der Waals surface area contributed by atoms with E-state index in [1.807, 2.05) is 30.3 Å². The molecule has 2 aliphatic rings. The Bertz CT molecular complexity index is 1720. The maximum absolute atomic E-state index is 14.1. The number of carbonyl (C=O) groups excluding carboxylic acids is 8. The van der Waals surface area contributed by atoms with Crippen molar-refractivity contribution in [3.8, 4) is 5.75 Å². The first-order valence-electron chi connectivity index (χ1n) is 18.6. The molecule has 0 unspecified atom stereocenters. The quantitative estimate of drug-likeness (QED) is 0.0743. The second kappa shape index (κ2) is 21.2. The first-order valence-corrected chi connectivity index (χ1v) is 18.6. The van der Waals surface area contributed by atoms with Gasteiger partial charge in [-0.25, -0.2) is 0 Å². The number of aromatic hydroxyl groups is 1. The number of nitrogens with one attached hydrogen (secondary N) is 6. The van der Waals surface area contributed by atoms with Crippen molar-refractivity contribution in [1.29, 1.82) is 0 Å². The van der Waals surface area contributed by atoms with Crippen LogP contribution in [0, 0.1) is 0 Å². The van der Waals surface area contributed by atoms with Crippen LogP contribution in [0.25, 0.3) is 0 Å². The number of hydrogen-bond acceptors (Lipinski definition) is 10. The van der Waals surface area contributed by atoms with Crippen molar-refractivity contribution in [2.45, 2.75) is 69.6 Å². The number of phenolic OH excluding ortho intramolecular Hbond substituents is 1. The average Bonchev–Trinajstić information content (AvgIpc) is 3.89. The minimum Gasteiger partial charge on any atom is -0.508 e. The molecular formula is C38H51N9O9. The van der Waals surface area contributed by atoms with Crippen molar-refractivity contribution in [1.82, 2.24) is 41.7 Å². The summed E-state index contributed by atoms with van der Waals surface area (Å²) in [6, 6.07) is 11.8. The molecule has 9 N–H and O–H groups in total. The summed E-state index contributed by atoms with van der Waals surface area (Å²) in [5, 5.41) is 24.8. The predicted octanol–water partition coefficient (Wildman–Crippen LogP) is -2.43. The number of likely N-dealkylation sites (tertiary alicyclic amines) is 2. The van der Waals surface area contributed by atoms with Crippen LogP contribution < -0.4 is 37.6 Å². The lowest BCUT2D eigenvalue weighted by atomic mass is 10.0. The number of nitrogens with zero attached hydrogens (tertiary/aromatic N) is 2. The fourth-order valence-corrected chi connectivity index (χ4v) is 6.57. The van der Waals surface area contributed by atoms with Crippen molar-refractivity contribution in [3.05, 3.63) is 65.7 Å². The zero-order chi connectivity index (χ0) is 40.6. The van der Waals surface area contributed by atoms with Crippen LogP contribution >= 0.6 is 0 Å². The first kappa shape index (κ1) is 42.7. The van der Waals surface area contributed by atoms with E-state index in [-0.39, 0.29) is 63.8 Å². The molecule has 0 bridgehead atoms. The Morgan fingerprint density at radius 2 is 1.18 bits per heavy atom. The molecule has 56 heavy (non-hydrogen) atoms. The molecule has 2 saturated heterocycles. The molecule has 2 fully saturated rings. The third kappa shape index (κ3) is 13.1. The lowest BCUT2D eigenvalue weighted by Gasteiger charge is -2.31. The van der Waals surface area contributed by atoms with Crippen molar-refractivity contribution < 1.29 is 43.5 Å². The maximum Gasteiger partial charge on any atom is 0.246 e. The van der Waals surface area contributed by atoms with E-state index in [2.05, 4.69) is 31.9 Å². The predicted molar refractivity (Wildman–Crippen MR) is 202 cm³/mol. The molecule has 2 aliphatic heterocycles. The monoisotopic (exact) mass is 777 g/mol. The maximum atomic E-state index is 14.1. The Labute approximate surface area is 324 Å². The van der Waals surface area contributed by atoms with Gasteiger partial charge in [0, 0.05) is 39.5 Å². The molecule has 0 aliphatic carbocycles. The van der Waals surface area contributed by atoms with Crippen LogP contribution in [0.2, 0.25) is 0 Å². The van der Waals surface area contributed by atoms with Gasteiger partial charge >= 0.3 is 0 Å². The second-order valence-electron chi connectivity index (χ2n) is 13.7. The van der Waals surface area contributed by atoms with E-state index in [1.54, 1.807) is 12.1 Å². The molecule has 0 spiro atoms. The summed E-state index contributed by atoms with van der Waals surface area (Å²) in [5.74, 6) is -3.75. The largest absolute Gasteiger partial charge is 0.508 e. The van der Waals surface area contributed by atoms with Crippen molar-refractivity contribution in [2.24, 2.45) is 5.73 Å². The number of phenols is 1. The van der Waals surface area contributed by atoms with Gasteiger partial charge in [-0.1, -0.05) is 42.5 Å². The van der Waals surface area contributed by atoms with Gasteiger partial charge < -0.3 is 52.5 Å². The number of nitrogens with two attached hydrogens (primary N) is 1. The molecule has 2 heterocycles. The number of hydrogen-bond donors (Lipinski definition) is 8. The van der Waals surface area contributed by atoms with Crippen LogP contribution in [0.3, 0.4) is 0 Å². The van der Waals surface area contributed by atoms with E-state index in [1.165, 1.54) is 28.9 Å². The molecule has 0 radical (unpaired) electrons. The molecule has 8 amide bonds. The third-order valence-corrected chi connectivity index (χ3v) is 9.42. The van der Waals surface area contributed by atoms with Gasteiger partial charge in [0.25, 0.3) is 0 Å². The average molecular weight is 778 g/mol. The zero-order valence-electron chi connectivity index (χ0n) is 31.4. The fourth-order valence-electron chi connectivity index (χ4n) is 6.57. The molecule has 18 nitrogen and oxygen atoms in total. The van der Waals surface area contributed by atoms with Gasteiger partial charge in [0.1, 0.15) is 23.9 Å². The van der Waals surface area contributed by atoms with E-state index < -0.39 is 65.5 Å². The first-order chi connectivity index (χ1) is 26.8. The number of carbonyl (C=O) groups is 8. The molecule has 4 rings (SSSR count). The summed E-state index contributed by atoms with van der Waals surface area (Å²) in [7, 11) is 0. The van der Waals surface area contributed by atoms with E-state index in [9.17, 15) is 43.5 Å². The van der Waals surface area contributed by atoms with Crippen LogP contribution in [0.5, 0.6) is 5.75 Å². The number of benzene rings is 2. The molecule has 2 aromatic rings. The van der Waals surface area contributed by atoms with Crippen LogP contribution in [0.15, 0.2) is 54.6 Å². The molecule has 4 atom stereocenters. The van der Waals surface area contributed by atoms with Gasteiger partial charge in [-0.15, -0.1) is 0 Å². The highest BCUT2D eigenvalue weighted by molar-refractivity contribution is 5.96. The van der Waals surface area contributed by atoms with Crippen LogP contribution in [-0.2, 0) is 51.2 Å². The van der Waals surface area contributed by atoms with Crippen LogP contribution in [-0.4, -0.2) is 132 Å². The Balaban J connectivity index is 1.29. The number of rotatable bonds is 18. The Hall–Kier alpha value is -6.04. The summed E-state index contributed by atoms with van der Waals surface area (Å²) in [6.07, 6.45) is 2.19. The lowest BCUT2D eigenvalue weighted by molar-refractivity contribution is -0.143. The van der Waals surface area contributed by atoms with Gasteiger partial charge in [0.2, 0.25) is 47.3 Å². The fraction of sp³-hybridized carbons (Fsp3) is 0.474. The van der Waals surface area contributed by atoms with Crippen molar-refractivity contribution in [3.63, 3.8) is 0 Å². The van der Waals surface area contributed by atoms with Gasteiger partial charge in [-0.05, 0) is 55.4 Å². The minimum atomic E-state index is -1.05. The Morgan fingerprint density at radius 1 is 0.661 bits per heavy atom. The molecule has 18 heteroatoms. The highest BCUT2D eigenvalue weighted by Crippen LogP contribution is 2.23. The zero-order valence-corrected chi connectivity index (χ0v) is 31.4. The summed E-state index contributed by atoms with van der Waals surface area (Å²) in [6.45, 7) is 0.998. The normalized spacial score (nSPS) is 17.2. The smallest absolute Gasteiger partial charge is 0.246 e. The van der Waals surface area contributed by atoms with Crippen LogP contribution in [0.1, 0.15) is 43.7 Å². The molecule has 302 valence electrons. The highest BCUT2D eigenvalue weighted by Gasteiger charge is 2.41. The Kier molecular flexibility index (Phi) is 16.1. The molecule has 0 saturated carbocycles. The lowest BCUT2D eigenvalue weighted by Crippen LogP contribution is -2.58. The van der Waals surface area contributed by atoms with Crippen LogP contribution in [0.4, 0.5) is 0 Å². The third-order valence-electron chi connectivity index (χ3n) is 9.42.